The Morgan fingerprint density at radius 3 is 0.814 bits per heavy atom. The molecule has 0 bridgehead atoms. The molecule has 2 heterocycles. The van der Waals surface area contributed by atoms with Crippen LogP contribution in [-0.4, -0.2) is 9.13 Å². The number of benzene rings is 4. The predicted octanol–water partition coefficient (Wildman–Crippen LogP) is 10.9. The zero-order valence-corrected chi connectivity index (χ0v) is 29.6. The van der Waals surface area contributed by atoms with Crippen molar-refractivity contribution in [3.8, 4) is 0 Å². The van der Waals surface area contributed by atoms with Crippen LogP contribution in [0.3, 0.4) is 0 Å². The average molecular weight is 571 g/mol. The average Bonchev–Trinajstić information content (AvgIpc) is 3.46. The van der Waals surface area contributed by atoms with Gasteiger partial charge in [-0.05, 0) is 192 Å². The van der Waals surface area contributed by atoms with E-state index in [-0.39, 0.29) is 0 Å². The highest BCUT2D eigenvalue weighted by Gasteiger charge is 2.26. The Balaban J connectivity index is 1.73. The van der Waals surface area contributed by atoms with Gasteiger partial charge in [-0.15, -0.1) is 0 Å². The molecule has 0 aliphatic heterocycles. The fourth-order valence-electron chi connectivity index (χ4n) is 8.82. The van der Waals surface area contributed by atoms with E-state index in [0.29, 0.717) is 0 Å². The van der Waals surface area contributed by atoms with E-state index in [1.54, 1.807) is 0 Å². The van der Waals surface area contributed by atoms with Crippen molar-refractivity contribution in [1.29, 1.82) is 0 Å². The minimum atomic E-state index is 0.960. The second-order valence-corrected chi connectivity index (χ2v) is 13.9. The SMILES string of the molecule is Cc1c(C)c(C)c2c(c1C)c1c(C)c(Cc3c(C)c(C)c4c(c3C)c3c(C)c(C)c(C)c(C)c3n4C)c(C)c(C)c1n2C. The third-order valence-electron chi connectivity index (χ3n) is 12.4. The van der Waals surface area contributed by atoms with E-state index >= 15 is 0 Å². The van der Waals surface area contributed by atoms with Crippen molar-refractivity contribution in [2.24, 2.45) is 14.1 Å². The van der Waals surface area contributed by atoms with E-state index in [1.807, 2.05) is 0 Å². The zero-order chi connectivity index (χ0) is 31.7. The molecule has 0 aliphatic rings. The molecule has 0 saturated carbocycles. The van der Waals surface area contributed by atoms with Crippen LogP contribution in [0.1, 0.15) is 89.0 Å². The first kappa shape index (κ1) is 29.5. The maximum Gasteiger partial charge on any atom is 0.0524 e. The summed E-state index contributed by atoms with van der Waals surface area (Å²) in [6.07, 6.45) is 0.960. The maximum atomic E-state index is 2.48. The molecule has 0 saturated heterocycles. The molecule has 4 aromatic carbocycles. The van der Waals surface area contributed by atoms with Crippen LogP contribution < -0.4 is 0 Å². The first-order chi connectivity index (χ1) is 20.1. The fraction of sp³-hybridized carbons (Fsp3) is 0.415. The summed E-state index contributed by atoms with van der Waals surface area (Å²) in [6.45, 7) is 32.6. The maximum absolute atomic E-state index is 2.48. The Labute approximate surface area is 258 Å². The molecule has 43 heavy (non-hydrogen) atoms. The molecule has 2 nitrogen and oxygen atoms in total. The lowest BCUT2D eigenvalue weighted by Gasteiger charge is -2.21. The van der Waals surface area contributed by atoms with Crippen molar-refractivity contribution < 1.29 is 0 Å². The van der Waals surface area contributed by atoms with Crippen molar-refractivity contribution in [1.82, 2.24) is 9.13 Å². The molecule has 2 heteroatoms. The first-order valence-corrected chi connectivity index (χ1v) is 16.0. The van der Waals surface area contributed by atoms with Crippen LogP contribution >= 0.6 is 0 Å². The van der Waals surface area contributed by atoms with Gasteiger partial charge in [0.25, 0.3) is 0 Å². The number of aryl methyl sites for hydroxylation is 10. The minimum Gasteiger partial charge on any atom is -0.343 e. The highest BCUT2D eigenvalue weighted by molar-refractivity contribution is 6.16. The van der Waals surface area contributed by atoms with Crippen LogP contribution in [0.25, 0.3) is 43.6 Å². The molecular weight excluding hydrogens is 520 g/mol. The topological polar surface area (TPSA) is 9.86 Å². The molecule has 0 N–H and O–H groups in total. The summed E-state index contributed by atoms with van der Waals surface area (Å²) < 4.78 is 4.97. The summed E-state index contributed by atoms with van der Waals surface area (Å²) in [4.78, 5) is 0. The van der Waals surface area contributed by atoms with Crippen molar-refractivity contribution in [2.75, 3.05) is 0 Å². The van der Waals surface area contributed by atoms with E-state index in [0.717, 1.165) is 6.42 Å². The Kier molecular flexibility index (Phi) is 6.52. The van der Waals surface area contributed by atoms with Gasteiger partial charge in [-0.25, -0.2) is 0 Å². The molecule has 0 atom stereocenters. The standard InChI is InChI=1S/C41H50N2/c1-18-20(3)26(9)38-34(24(18)7)36-30(13)32(22(5)28(11)40(36)42(38)15)17-33-23(6)29(12)41-37(31(33)14)35-25(8)19(2)21(4)27(10)39(35)43(41)16/h17H2,1-16H3. The van der Waals surface area contributed by atoms with E-state index in [9.17, 15) is 0 Å². The van der Waals surface area contributed by atoms with Crippen LogP contribution in [-0.2, 0) is 20.5 Å². The molecule has 0 radical (unpaired) electrons. The van der Waals surface area contributed by atoms with Crippen molar-refractivity contribution in [2.45, 2.75) is 103 Å². The quantitative estimate of drug-likeness (QED) is 0.196. The van der Waals surface area contributed by atoms with E-state index in [1.165, 1.54) is 133 Å². The number of hydrogen-bond donors (Lipinski definition) is 0. The molecule has 6 rings (SSSR count). The summed E-state index contributed by atoms with van der Waals surface area (Å²) in [5, 5.41) is 5.81. The van der Waals surface area contributed by atoms with Gasteiger partial charge in [-0.1, -0.05) is 0 Å². The number of aromatic nitrogens is 2. The van der Waals surface area contributed by atoms with Crippen LogP contribution in [0.5, 0.6) is 0 Å². The molecule has 0 aliphatic carbocycles. The molecule has 0 unspecified atom stereocenters. The monoisotopic (exact) mass is 570 g/mol. The number of fused-ring (bicyclic) bond motifs is 6. The van der Waals surface area contributed by atoms with Crippen LogP contribution in [0, 0.1) is 96.9 Å². The van der Waals surface area contributed by atoms with Crippen molar-refractivity contribution in [3.05, 3.63) is 89.0 Å². The van der Waals surface area contributed by atoms with Crippen LogP contribution in [0.15, 0.2) is 0 Å². The van der Waals surface area contributed by atoms with Gasteiger partial charge in [0, 0.05) is 35.6 Å². The van der Waals surface area contributed by atoms with Crippen LogP contribution in [0.4, 0.5) is 0 Å². The Bertz CT molecular complexity index is 2080. The molecule has 0 amide bonds. The van der Waals surface area contributed by atoms with Gasteiger partial charge >= 0.3 is 0 Å². The number of rotatable bonds is 2. The van der Waals surface area contributed by atoms with E-state index < -0.39 is 0 Å². The summed E-state index contributed by atoms with van der Waals surface area (Å²) >= 11 is 0. The summed E-state index contributed by atoms with van der Waals surface area (Å²) in [6, 6.07) is 0. The van der Waals surface area contributed by atoms with Gasteiger partial charge in [-0.2, -0.15) is 0 Å². The molecule has 2 aromatic heterocycles. The zero-order valence-electron chi connectivity index (χ0n) is 29.6. The first-order valence-electron chi connectivity index (χ1n) is 16.0. The highest BCUT2D eigenvalue weighted by Crippen LogP contribution is 2.45. The third kappa shape index (κ3) is 3.53. The fourth-order valence-corrected chi connectivity index (χ4v) is 8.82. The molecule has 0 fully saturated rings. The molecule has 0 spiro atoms. The van der Waals surface area contributed by atoms with Gasteiger partial charge in [0.1, 0.15) is 0 Å². The van der Waals surface area contributed by atoms with Crippen molar-refractivity contribution in [3.63, 3.8) is 0 Å². The Hall–Kier alpha value is -3.52. The smallest absolute Gasteiger partial charge is 0.0524 e. The van der Waals surface area contributed by atoms with Gasteiger partial charge in [0.05, 0.1) is 22.1 Å². The Morgan fingerprint density at radius 1 is 0.279 bits per heavy atom. The van der Waals surface area contributed by atoms with Gasteiger partial charge in [-0.3, -0.25) is 0 Å². The third-order valence-corrected chi connectivity index (χ3v) is 12.4. The lowest BCUT2D eigenvalue weighted by atomic mass is 9.83. The molecule has 224 valence electrons. The molecular formula is C41H50N2. The number of nitrogens with zero attached hydrogens (tertiary/aromatic N) is 2. The van der Waals surface area contributed by atoms with Gasteiger partial charge in [0.2, 0.25) is 0 Å². The molecule has 6 aromatic rings. The highest BCUT2D eigenvalue weighted by atomic mass is 14.9. The number of hydrogen-bond acceptors (Lipinski definition) is 0. The normalized spacial score (nSPS) is 12.3. The lowest BCUT2D eigenvalue weighted by molar-refractivity contribution is 0.986. The van der Waals surface area contributed by atoms with Crippen LogP contribution in [0.2, 0.25) is 0 Å². The van der Waals surface area contributed by atoms with Gasteiger partial charge < -0.3 is 9.13 Å². The lowest BCUT2D eigenvalue weighted by Crippen LogP contribution is -2.06. The van der Waals surface area contributed by atoms with Gasteiger partial charge in [0.15, 0.2) is 0 Å². The second kappa shape index (κ2) is 9.49. The summed E-state index contributed by atoms with van der Waals surface area (Å²) in [5.74, 6) is 0. The summed E-state index contributed by atoms with van der Waals surface area (Å²) in [7, 11) is 4.55. The van der Waals surface area contributed by atoms with Crippen molar-refractivity contribution >= 4 is 43.6 Å². The largest absolute Gasteiger partial charge is 0.343 e. The minimum absolute atomic E-state index is 0.960. The Morgan fingerprint density at radius 2 is 0.512 bits per heavy atom. The second-order valence-electron chi connectivity index (χ2n) is 13.9. The van der Waals surface area contributed by atoms with E-state index in [4.69, 9.17) is 0 Å². The van der Waals surface area contributed by atoms with E-state index in [2.05, 4.69) is 120 Å². The predicted molar refractivity (Wildman–Crippen MR) is 190 cm³/mol. The summed E-state index contributed by atoms with van der Waals surface area (Å²) in [5.41, 5.74) is 28.6.